The number of piperazine rings is 1. The maximum absolute atomic E-state index is 14.6. The fourth-order valence-corrected chi connectivity index (χ4v) is 7.78. The summed E-state index contributed by atoms with van der Waals surface area (Å²) < 4.78 is 32.5. The van der Waals surface area contributed by atoms with Crippen LogP contribution in [0.5, 0.6) is 0 Å². The molecule has 12 nitrogen and oxygen atoms in total. The Labute approximate surface area is 305 Å². The van der Waals surface area contributed by atoms with Crippen LogP contribution in [0.15, 0.2) is 36.5 Å². The van der Waals surface area contributed by atoms with Gasteiger partial charge in [-0.3, -0.25) is 14.6 Å². The first-order valence-corrected chi connectivity index (χ1v) is 18.4. The quantitative estimate of drug-likeness (QED) is 0.301. The minimum atomic E-state index is -0.624. The molecule has 2 fully saturated rings. The van der Waals surface area contributed by atoms with Crippen LogP contribution in [0.2, 0.25) is 0 Å². The van der Waals surface area contributed by atoms with E-state index in [1.807, 2.05) is 38.7 Å². The fourth-order valence-electron chi connectivity index (χ4n) is 7.78. The Kier molecular flexibility index (Phi) is 10.7. The number of carbonyl (C=O) groups is 3. The molecule has 2 aromatic heterocycles. The van der Waals surface area contributed by atoms with Gasteiger partial charge in [0, 0.05) is 56.3 Å². The van der Waals surface area contributed by atoms with E-state index in [0.29, 0.717) is 56.9 Å². The lowest BCUT2D eigenvalue weighted by atomic mass is 9.90. The number of fused-ring (bicyclic) bond motifs is 3. The number of ether oxygens (including phenoxy) is 3. The highest BCUT2D eigenvalue weighted by molar-refractivity contribution is 6.01. The largest absolute Gasteiger partial charge is 0.462 e. The summed E-state index contributed by atoms with van der Waals surface area (Å²) in [7, 11) is 0. The summed E-state index contributed by atoms with van der Waals surface area (Å²) in [5, 5.41) is 4.70. The molecule has 3 aromatic rings. The Hall–Kier alpha value is -4.07. The predicted molar refractivity (Wildman–Crippen MR) is 195 cm³/mol. The van der Waals surface area contributed by atoms with E-state index in [2.05, 4.69) is 30.6 Å². The van der Waals surface area contributed by atoms with Crippen LogP contribution in [0, 0.1) is 5.82 Å². The van der Waals surface area contributed by atoms with Crippen LogP contribution >= 0.6 is 0 Å². The van der Waals surface area contributed by atoms with Crippen molar-refractivity contribution in [1.82, 2.24) is 24.3 Å². The van der Waals surface area contributed by atoms with E-state index >= 15 is 0 Å². The fraction of sp³-hybridized carbons (Fsp3) is 0.590. The second kappa shape index (κ2) is 14.7. The number of anilines is 1. The van der Waals surface area contributed by atoms with Crippen molar-refractivity contribution in [2.75, 3.05) is 64.0 Å². The number of pyridine rings is 1. The zero-order chi connectivity index (χ0) is 37.5. The highest BCUT2D eigenvalue weighted by Crippen LogP contribution is 2.43. The molecule has 0 spiro atoms. The van der Waals surface area contributed by atoms with Crippen molar-refractivity contribution in [2.45, 2.75) is 91.0 Å². The van der Waals surface area contributed by atoms with Crippen LogP contribution in [0.1, 0.15) is 82.6 Å². The van der Waals surface area contributed by atoms with Crippen molar-refractivity contribution < 1.29 is 33.0 Å². The van der Waals surface area contributed by atoms with Gasteiger partial charge in [0.2, 0.25) is 5.91 Å². The van der Waals surface area contributed by atoms with E-state index < -0.39 is 17.0 Å². The van der Waals surface area contributed by atoms with E-state index in [9.17, 15) is 18.8 Å². The highest BCUT2D eigenvalue weighted by Gasteiger charge is 2.44. The topological polar surface area (TPSA) is 109 Å². The highest BCUT2D eigenvalue weighted by atomic mass is 19.1. The molecule has 0 bridgehead atoms. The smallest absolute Gasteiger partial charge is 0.410 e. The number of aromatic nitrogens is 2. The molecule has 3 aliphatic rings. The van der Waals surface area contributed by atoms with Gasteiger partial charge in [-0.1, -0.05) is 26.0 Å². The van der Waals surface area contributed by atoms with Gasteiger partial charge in [-0.25, -0.2) is 18.5 Å². The number of esters is 1. The third-order valence-electron chi connectivity index (χ3n) is 10.3. The summed E-state index contributed by atoms with van der Waals surface area (Å²) in [6.45, 7) is 20.1. The van der Waals surface area contributed by atoms with Gasteiger partial charge in [0.15, 0.2) is 0 Å². The number of amides is 2. The molecule has 282 valence electrons. The molecule has 5 heterocycles. The molecular formula is C39H53FN6O6. The number of benzene rings is 1. The van der Waals surface area contributed by atoms with Crippen molar-refractivity contribution >= 4 is 29.2 Å². The van der Waals surface area contributed by atoms with Gasteiger partial charge in [0.05, 0.1) is 49.5 Å². The van der Waals surface area contributed by atoms with Gasteiger partial charge in [-0.05, 0) is 77.3 Å². The molecule has 3 atom stereocenters. The number of rotatable bonds is 8. The van der Waals surface area contributed by atoms with E-state index in [0.717, 1.165) is 29.1 Å². The molecule has 0 N–H and O–H groups in total. The summed E-state index contributed by atoms with van der Waals surface area (Å²) in [5.74, 6) is -0.864. The SMILES string of the molecule is CCOC(=O)c1cnn2c3c(cc(Cc4ccc(F)cc4)c12)N(C(=O)CN1C[C@@H](C)N(C(=O)OC(C)(C)C)C[C@@H]1CN1CCOC[C@H]1C)CC3(C)C. The van der Waals surface area contributed by atoms with Crippen LogP contribution in [-0.4, -0.2) is 125 Å². The Balaban J connectivity index is 1.34. The Morgan fingerprint density at radius 3 is 2.46 bits per heavy atom. The molecule has 0 unspecified atom stereocenters. The Morgan fingerprint density at radius 2 is 1.79 bits per heavy atom. The summed E-state index contributed by atoms with van der Waals surface area (Å²) in [5.41, 5.74) is 3.04. The molecule has 0 saturated carbocycles. The van der Waals surface area contributed by atoms with Crippen LogP contribution < -0.4 is 4.90 Å². The molecule has 13 heteroatoms. The number of hydrogen-bond donors (Lipinski definition) is 0. The molecule has 52 heavy (non-hydrogen) atoms. The maximum Gasteiger partial charge on any atom is 0.410 e. The van der Waals surface area contributed by atoms with Gasteiger partial charge >= 0.3 is 12.1 Å². The summed E-state index contributed by atoms with van der Waals surface area (Å²) in [6, 6.07) is 8.19. The molecule has 0 aliphatic carbocycles. The number of halogens is 1. The van der Waals surface area contributed by atoms with E-state index in [1.54, 1.807) is 28.5 Å². The van der Waals surface area contributed by atoms with E-state index in [1.165, 1.54) is 18.3 Å². The maximum atomic E-state index is 14.6. The Morgan fingerprint density at radius 1 is 1.06 bits per heavy atom. The molecule has 1 aromatic carbocycles. The van der Waals surface area contributed by atoms with Crippen molar-refractivity contribution in [2.24, 2.45) is 0 Å². The van der Waals surface area contributed by atoms with Crippen molar-refractivity contribution in [3.05, 3.63) is 64.7 Å². The van der Waals surface area contributed by atoms with E-state index in [4.69, 9.17) is 19.3 Å². The van der Waals surface area contributed by atoms with Gasteiger partial charge in [0.1, 0.15) is 17.0 Å². The molecular weight excluding hydrogens is 667 g/mol. The number of hydrogen-bond acceptors (Lipinski definition) is 9. The second-order valence-corrected chi connectivity index (χ2v) is 16.1. The average molecular weight is 721 g/mol. The average Bonchev–Trinajstić information content (AvgIpc) is 3.62. The number of morpholine rings is 1. The van der Waals surface area contributed by atoms with Crippen molar-refractivity contribution in [1.29, 1.82) is 0 Å². The summed E-state index contributed by atoms with van der Waals surface area (Å²) in [4.78, 5) is 49.3. The molecule has 2 amide bonds. The molecule has 3 aliphatic heterocycles. The first-order valence-electron chi connectivity index (χ1n) is 18.4. The lowest BCUT2D eigenvalue weighted by molar-refractivity contribution is -0.121. The predicted octanol–water partition coefficient (Wildman–Crippen LogP) is 4.90. The zero-order valence-electron chi connectivity index (χ0n) is 31.8. The summed E-state index contributed by atoms with van der Waals surface area (Å²) in [6.07, 6.45) is 1.58. The third-order valence-corrected chi connectivity index (χ3v) is 10.3. The second-order valence-electron chi connectivity index (χ2n) is 16.1. The molecule has 2 saturated heterocycles. The Bertz CT molecular complexity index is 1800. The van der Waals surface area contributed by atoms with E-state index in [-0.39, 0.29) is 49.1 Å². The normalized spacial score (nSPS) is 22.4. The molecule has 6 rings (SSSR count). The van der Waals surface area contributed by atoms with Crippen LogP contribution in [0.4, 0.5) is 14.9 Å². The summed E-state index contributed by atoms with van der Waals surface area (Å²) >= 11 is 0. The zero-order valence-corrected chi connectivity index (χ0v) is 31.8. The first kappa shape index (κ1) is 37.7. The lowest BCUT2D eigenvalue weighted by Crippen LogP contribution is -2.64. The lowest BCUT2D eigenvalue weighted by Gasteiger charge is -2.47. The standard InChI is InChI=1S/C39H53FN6O6/c1-9-51-36(48)31-18-41-46-34(31)28(16-27-10-12-29(40)13-11-27)17-32-35(46)39(7,8)24-45(32)33(47)22-43-19-25(2)44(37(49)52-38(4,5)6)21-30(43)20-42-14-15-50-23-26(42)3/h10-13,17-18,25-26,30H,9,14-16,19-24H2,1-8H3/t25-,26-,30+/m1/s1. The first-order chi connectivity index (χ1) is 24.6. The molecule has 0 radical (unpaired) electrons. The van der Waals surface area contributed by atoms with Gasteiger partial charge in [0.25, 0.3) is 0 Å². The van der Waals surface area contributed by atoms with Gasteiger partial charge < -0.3 is 24.0 Å². The van der Waals surface area contributed by atoms with Crippen molar-refractivity contribution in [3.63, 3.8) is 0 Å². The minimum absolute atomic E-state index is 0.0605. The van der Waals surface area contributed by atoms with Gasteiger partial charge in [-0.15, -0.1) is 0 Å². The van der Waals surface area contributed by atoms with Crippen LogP contribution in [0.3, 0.4) is 0 Å². The van der Waals surface area contributed by atoms with Crippen LogP contribution in [0.25, 0.3) is 5.52 Å². The van der Waals surface area contributed by atoms with Gasteiger partial charge in [-0.2, -0.15) is 5.10 Å². The number of nitrogens with zero attached hydrogens (tertiary/aromatic N) is 6. The van der Waals surface area contributed by atoms with Crippen molar-refractivity contribution in [3.8, 4) is 0 Å². The number of carbonyl (C=O) groups excluding carboxylic acids is 3. The monoisotopic (exact) mass is 720 g/mol. The minimum Gasteiger partial charge on any atom is -0.462 e. The third kappa shape index (κ3) is 7.81. The van der Waals surface area contributed by atoms with Crippen LogP contribution in [-0.2, 0) is 30.8 Å².